The largest absolute Gasteiger partial charge is 0.507 e. The third kappa shape index (κ3) is 3.07. The van der Waals surface area contributed by atoms with Gasteiger partial charge in [-0.3, -0.25) is 0 Å². The average Bonchev–Trinajstić information content (AvgIpc) is 2.51. The minimum absolute atomic E-state index is 0.000207. The van der Waals surface area contributed by atoms with Crippen molar-refractivity contribution < 1.29 is 21.9 Å². The highest BCUT2D eigenvalue weighted by Crippen LogP contribution is 2.26. The number of sulfonamides is 1. The molecule has 0 saturated carbocycles. The van der Waals surface area contributed by atoms with Crippen molar-refractivity contribution in [1.29, 1.82) is 0 Å². The Morgan fingerprint density at radius 2 is 1.79 bits per heavy atom. The smallest absolute Gasteiger partial charge is 0.246 e. The Hall–Kier alpha value is -1.12. The second-order valence-electron chi connectivity index (χ2n) is 4.38. The summed E-state index contributed by atoms with van der Waals surface area (Å²) >= 11 is 0. The van der Waals surface area contributed by atoms with Gasteiger partial charge in [0, 0.05) is 13.1 Å². The number of para-hydroxylation sites is 1. The molecule has 0 aromatic heterocycles. The van der Waals surface area contributed by atoms with Crippen LogP contribution in [0.3, 0.4) is 0 Å². The van der Waals surface area contributed by atoms with E-state index in [1.54, 1.807) is 0 Å². The number of sulfone groups is 1. The van der Waals surface area contributed by atoms with Crippen molar-refractivity contribution >= 4 is 19.9 Å². The molecule has 1 aromatic rings. The topological polar surface area (TPSA) is 91.8 Å². The summed E-state index contributed by atoms with van der Waals surface area (Å²) < 4.78 is 48.8. The molecule has 0 aliphatic carbocycles. The van der Waals surface area contributed by atoms with Crippen molar-refractivity contribution in [3.63, 3.8) is 0 Å². The van der Waals surface area contributed by atoms with Crippen molar-refractivity contribution in [2.45, 2.75) is 11.3 Å². The van der Waals surface area contributed by atoms with Crippen molar-refractivity contribution in [1.82, 2.24) is 4.31 Å². The van der Waals surface area contributed by atoms with Crippen LogP contribution < -0.4 is 0 Å². The predicted molar refractivity (Wildman–Crippen MR) is 70.1 cm³/mol. The molecular weight excluding hydrogens is 290 g/mol. The van der Waals surface area contributed by atoms with E-state index in [1.165, 1.54) is 24.3 Å². The van der Waals surface area contributed by atoms with Crippen LogP contribution in [0.25, 0.3) is 0 Å². The third-order valence-corrected chi connectivity index (χ3v) is 6.66. The van der Waals surface area contributed by atoms with Crippen LogP contribution in [0.1, 0.15) is 6.42 Å². The monoisotopic (exact) mass is 305 g/mol. The third-order valence-electron chi connectivity index (χ3n) is 3.00. The maximum atomic E-state index is 12.3. The molecule has 0 atom stereocenters. The van der Waals surface area contributed by atoms with Crippen LogP contribution in [0.4, 0.5) is 0 Å². The Bertz CT molecular complexity index is 666. The Labute approximate surface area is 112 Å². The lowest BCUT2D eigenvalue weighted by atomic mass is 10.3. The summed E-state index contributed by atoms with van der Waals surface area (Å²) in [7, 11) is -7.02. The lowest BCUT2D eigenvalue weighted by Crippen LogP contribution is -2.33. The Balaban J connectivity index is 2.33. The summed E-state index contributed by atoms with van der Waals surface area (Å²) in [5.41, 5.74) is 0. The average molecular weight is 305 g/mol. The number of phenols is 1. The zero-order valence-electron chi connectivity index (χ0n) is 10.2. The van der Waals surface area contributed by atoms with E-state index in [0.29, 0.717) is 0 Å². The predicted octanol–water partition coefficient (Wildman–Crippen LogP) is 0.201. The van der Waals surface area contributed by atoms with Crippen molar-refractivity contribution in [2.75, 3.05) is 24.6 Å². The maximum absolute atomic E-state index is 12.3. The number of benzene rings is 1. The first-order valence-corrected chi connectivity index (χ1v) is 9.08. The van der Waals surface area contributed by atoms with E-state index in [-0.39, 0.29) is 41.7 Å². The second kappa shape index (κ2) is 5.10. The summed E-state index contributed by atoms with van der Waals surface area (Å²) in [4.78, 5) is -0.186. The first-order valence-electron chi connectivity index (χ1n) is 5.81. The van der Waals surface area contributed by atoms with Crippen LogP contribution in [0, 0.1) is 0 Å². The van der Waals surface area contributed by atoms with Gasteiger partial charge in [-0.15, -0.1) is 0 Å². The molecule has 1 aliphatic heterocycles. The molecule has 1 N–H and O–H groups in total. The standard InChI is InChI=1S/C11H15NO5S2/c13-10-4-1-2-5-11(10)19(16,17)12-6-3-8-18(14,15)9-7-12/h1-2,4-5,13H,3,6-9H2. The fraction of sp³-hybridized carbons (Fsp3) is 0.455. The van der Waals surface area contributed by atoms with Gasteiger partial charge in [0.15, 0.2) is 9.84 Å². The molecule has 106 valence electrons. The van der Waals surface area contributed by atoms with Gasteiger partial charge in [-0.05, 0) is 18.6 Å². The Kier molecular flexibility index (Phi) is 3.84. The van der Waals surface area contributed by atoms with E-state index < -0.39 is 19.9 Å². The Morgan fingerprint density at radius 1 is 1.11 bits per heavy atom. The number of hydrogen-bond donors (Lipinski definition) is 1. The normalized spacial score (nSPS) is 20.8. The summed E-state index contributed by atoms with van der Waals surface area (Å²) in [6.45, 7) is 0.0783. The van der Waals surface area contributed by atoms with Gasteiger partial charge in [-0.25, -0.2) is 16.8 Å². The summed E-state index contributed by atoms with van der Waals surface area (Å²) in [6, 6.07) is 5.65. The number of phenolic OH excluding ortho intramolecular Hbond substituents is 1. The minimum atomic E-state index is -3.85. The molecular formula is C11H15NO5S2. The lowest BCUT2D eigenvalue weighted by molar-refractivity contribution is 0.422. The summed E-state index contributed by atoms with van der Waals surface area (Å²) in [6.07, 6.45) is 0.273. The molecule has 0 spiro atoms. The SMILES string of the molecule is O=S1(=O)CCCN(S(=O)(=O)c2ccccc2O)CC1. The highest BCUT2D eigenvalue weighted by Gasteiger charge is 2.30. The molecule has 0 radical (unpaired) electrons. The molecule has 1 heterocycles. The quantitative estimate of drug-likeness (QED) is 0.843. The van der Waals surface area contributed by atoms with E-state index in [9.17, 15) is 21.9 Å². The summed E-state index contributed by atoms with van der Waals surface area (Å²) in [5, 5.41) is 9.63. The van der Waals surface area contributed by atoms with Gasteiger partial charge >= 0.3 is 0 Å². The number of aromatic hydroxyl groups is 1. The first-order chi connectivity index (χ1) is 8.83. The van der Waals surface area contributed by atoms with Gasteiger partial charge in [-0.1, -0.05) is 12.1 Å². The van der Waals surface area contributed by atoms with Crippen molar-refractivity contribution in [3.05, 3.63) is 24.3 Å². The van der Waals surface area contributed by atoms with E-state index in [4.69, 9.17) is 0 Å². The van der Waals surface area contributed by atoms with Crippen LogP contribution in [0.2, 0.25) is 0 Å². The van der Waals surface area contributed by atoms with Crippen molar-refractivity contribution in [2.24, 2.45) is 0 Å². The van der Waals surface area contributed by atoms with Gasteiger partial charge in [0.1, 0.15) is 10.6 Å². The number of hydrogen-bond acceptors (Lipinski definition) is 5. The Morgan fingerprint density at radius 3 is 2.47 bits per heavy atom. The lowest BCUT2D eigenvalue weighted by Gasteiger charge is -2.19. The molecule has 6 nitrogen and oxygen atoms in total. The van der Waals surface area contributed by atoms with Crippen LogP contribution in [0.5, 0.6) is 5.75 Å². The van der Waals surface area contributed by atoms with Crippen LogP contribution in [-0.2, 0) is 19.9 Å². The zero-order chi connectivity index (χ0) is 14.1. The molecule has 0 bridgehead atoms. The number of rotatable bonds is 2. The molecule has 19 heavy (non-hydrogen) atoms. The first kappa shape index (κ1) is 14.3. The van der Waals surface area contributed by atoms with E-state index in [1.807, 2.05) is 0 Å². The molecule has 1 fully saturated rings. The van der Waals surface area contributed by atoms with Crippen LogP contribution >= 0.6 is 0 Å². The van der Waals surface area contributed by atoms with Gasteiger partial charge in [-0.2, -0.15) is 4.31 Å². The second-order valence-corrected chi connectivity index (χ2v) is 8.59. The molecule has 1 aromatic carbocycles. The molecule has 0 unspecified atom stereocenters. The van der Waals surface area contributed by atoms with Gasteiger partial charge in [0.25, 0.3) is 0 Å². The molecule has 2 rings (SSSR count). The van der Waals surface area contributed by atoms with E-state index in [0.717, 1.165) is 4.31 Å². The van der Waals surface area contributed by atoms with Crippen LogP contribution in [-0.4, -0.2) is 50.8 Å². The molecule has 0 amide bonds. The van der Waals surface area contributed by atoms with Gasteiger partial charge in [0.2, 0.25) is 10.0 Å². The summed E-state index contributed by atoms with van der Waals surface area (Å²) in [5.74, 6) is -0.505. The van der Waals surface area contributed by atoms with Crippen LogP contribution in [0.15, 0.2) is 29.2 Å². The van der Waals surface area contributed by atoms with Crippen molar-refractivity contribution in [3.8, 4) is 5.75 Å². The molecule has 8 heteroatoms. The van der Waals surface area contributed by atoms with E-state index >= 15 is 0 Å². The zero-order valence-corrected chi connectivity index (χ0v) is 11.8. The fourth-order valence-electron chi connectivity index (χ4n) is 1.97. The maximum Gasteiger partial charge on any atom is 0.246 e. The van der Waals surface area contributed by atoms with Gasteiger partial charge < -0.3 is 5.11 Å². The van der Waals surface area contributed by atoms with Gasteiger partial charge in [0.05, 0.1) is 11.5 Å². The highest BCUT2D eigenvalue weighted by molar-refractivity contribution is 7.91. The number of nitrogens with zero attached hydrogens (tertiary/aromatic N) is 1. The highest BCUT2D eigenvalue weighted by atomic mass is 32.2. The fourth-order valence-corrected chi connectivity index (χ4v) is 4.92. The molecule has 1 aliphatic rings. The molecule has 1 saturated heterocycles. The minimum Gasteiger partial charge on any atom is -0.507 e. The van der Waals surface area contributed by atoms with E-state index in [2.05, 4.69) is 0 Å².